The Kier molecular flexibility index (Phi) is 13.0. The normalized spacial score (nSPS) is 17.0. The maximum atomic E-state index is 12.7. The number of para-hydroxylation sites is 2. The van der Waals surface area contributed by atoms with Crippen LogP contribution in [0.2, 0.25) is 0 Å². The number of carbonyl (C=O) groups excluding carboxylic acids is 2. The number of thioether (sulfide) groups is 1. The van der Waals surface area contributed by atoms with Crippen LogP contribution in [-0.2, 0) is 32.2 Å². The maximum absolute atomic E-state index is 12.7. The highest BCUT2D eigenvalue weighted by Crippen LogP contribution is 2.39. The zero-order chi connectivity index (χ0) is 36.1. The molecule has 52 heavy (non-hydrogen) atoms. The van der Waals surface area contributed by atoms with Crippen LogP contribution in [0.25, 0.3) is 11.1 Å². The second-order valence-corrected chi connectivity index (χ2v) is 13.6. The first-order valence-electron chi connectivity index (χ1n) is 17.4. The minimum Gasteiger partial charge on any atom is -0.397 e. The standard InChI is InChI=1S/C41H43N5O5S/c42-35-10-3-4-11-36(35)46-39(49)13-6-5-12-38(48)45-25-32-8-1-2-9-34(32)29-18-20-31(21-19-29)40-50-33(27-52-41-43-22-7-23-44-41)24-37(51-40)30-16-14-28(26-47)15-17-30/h1-4,7-11,14-23,33,37,40,47H,5-6,12-13,24-27,42H2,(H,45,48)(H,46,49)/t33-,37+,40+/m1/s1. The average Bonchev–Trinajstić information content (AvgIpc) is 3.19. The molecule has 1 fully saturated rings. The van der Waals surface area contributed by atoms with Crippen LogP contribution in [0.4, 0.5) is 11.4 Å². The van der Waals surface area contributed by atoms with Crippen LogP contribution >= 0.6 is 11.8 Å². The smallest absolute Gasteiger partial charge is 0.224 e. The van der Waals surface area contributed by atoms with E-state index in [1.165, 1.54) is 0 Å². The predicted octanol–water partition coefficient (Wildman–Crippen LogP) is 7.37. The Balaban J connectivity index is 1.05. The summed E-state index contributed by atoms with van der Waals surface area (Å²) in [5.74, 6) is 0.493. The number of nitrogens with two attached hydrogens (primary N) is 1. The third-order valence-electron chi connectivity index (χ3n) is 8.84. The lowest BCUT2D eigenvalue weighted by molar-refractivity contribution is -0.245. The number of nitrogens with one attached hydrogen (secondary N) is 2. The Morgan fingerprint density at radius 1 is 0.808 bits per heavy atom. The largest absolute Gasteiger partial charge is 0.397 e. The fraction of sp³-hybridized carbons (Fsp3) is 0.268. The number of aliphatic hydroxyl groups excluding tert-OH is 1. The van der Waals surface area contributed by atoms with Gasteiger partial charge in [0.15, 0.2) is 11.4 Å². The molecule has 4 aromatic carbocycles. The lowest BCUT2D eigenvalue weighted by Gasteiger charge is -2.36. The molecule has 11 heteroatoms. The quantitative estimate of drug-likeness (QED) is 0.0377. The molecule has 10 nitrogen and oxygen atoms in total. The molecule has 3 atom stereocenters. The van der Waals surface area contributed by atoms with Gasteiger partial charge in [0.1, 0.15) is 0 Å². The number of carbonyl (C=O) groups is 2. The summed E-state index contributed by atoms with van der Waals surface area (Å²) in [6.07, 6.45) is 5.12. The van der Waals surface area contributed by atoms with Crippen molar-refractivity contribution in [1.82, 2.24) is 15.3 Å². The van der Waals surface area contributed by atoms with Crippen molar-refractivity contribution in [2.75, 3.05) is 16.8 Å². The number of hydrogen-bond donors (Lipinski definition) is 4. The van der Waals surface area contributed by atoms with E-state index in [9.17, 15) is 14.7 Å². The van der Waals surface area contributed by atoms with Crippen molar-refractivity contribution < 1.29 is 24.2 Å². The highest BCUT2D eigenvalue weighted by atomic mass is 32.2. The van der Waals surface area contributed by atoms with Gasteiger partial charge in [0.2, 0.25) is 11.8 Å². The van der Waals surface area contributed by atoms with Crippen molar-refractivity contribution >= 4 is 35.0 Å². The molecule has 0 spiro atoms. The number of aliphatic hydroxyl groups is 1. The fourth-order valence-corrected chi connectivity index (χ4v) is 6.82. The van der Waals surface area contributed by atoms with Gasteiger partial charge in [0, 0.05) is 49.5 Å². The summed E-state index contributed by atoms with van der Waals surface area (Å²) in [6, 6.07) is 33.0. The highest BCUT2D eigenvalue weighted by Gasteiger charge is 2.32. The zero-order valence-electron chi connectivity index (χ0n) is 28.8. The Bertz CT molecular complexity index is 1910. The Labute approximate surface area is 308 Å². The number of unbranched alkanes of at least 4 members (excludes halogenated alkanes) is 1. The van der Waals surface area contributed by atoms with Crippen molar-refractivity contribution in [3.05, 3.63) is 138 Å². The summed E-state index contributed by atoms with van der Waals surface area (Å²) in [6.45, 7) is 0.379. The molecule has 1 aliphatic heterocycles. The summed E-state index contributed by atoms with van der Waals surface area (Å²) < 4.78 is 13.0. The van der Waals surface area contributed by atoms with E-state index < -0.39 is 6.29 Å². The number of amides is 2. The predicted molar refractivity (Wildman–Crippen MR) is 203 cm³/mol. The van der Waals surface area contributed by atoms with E-state index in [0.29, 0.717) is 60.9 Å². The van der Waals surface area contributed by atoms with Gasteiger partial charge in [-0.1, -0.05) is 96.7 Å². The maximum Gasteiger partial charge on any atom is 0.224 e. The molecule has 2 heterocycles. The van der Waals surface area contributed by atoms with Gasteiger partial charge in [-0.15, -0.1) is 0 Å². The third kappa shape index (κ3) is 10.3. The van der Waals surface area contributed by atoms with Crippen LogP contribution in [0.3, 0.4) is 0 Å². The van der Waals surface area contributed by atoms with E-state index in [0.717, 1.165) is 33.4 Å². The minimum atomic E-state index is -0.579. The number of anilines is 2. The van der Waals surface area contributed by atoms with Crippen LogP contribution in [-0.4, -0.2) is 38.7 Å². The van der Waals surface area contributed by atoms with Gasteiger partial charge in [0.05, 0.1) is 30.2 Å². The lowest BCUT2D eigenvalue weighted by atomic mass is 9.97. The van der Waals surface area contributed by atoms with E-state index in [-0.39, 0.29) is 30.6 Å². The summed E-state index contributed by atoms with van der Waals surface area (Å²) >= 11 is 1.56. The van der Waals surface area contributed by atoms with Crippen LogP contribution in [0.1, 0.15) is 66.8 Å². The molecule has 1 aromatic heterocycles. The number of rotatable bonds is 15. The first kappa shape index (κ1) is 36.7. The van der Waals surface area contributed by atoms with E-state index in [2.05, 4.69) is 32.7 Å². The van der Waals surface area contributed by atoms with Crippen molar-refractivity contribution in [1.29, 1.82) is 0 Å². The van der Waals surface area contributed by atoms with Gasteiger partial charge in [-0.3, -0.25) is 9.59 Å². The van der Waals surface area contributed by atoms with Crippen LogP contribution in [0.15, 0.2) is 121 Å². The molecule has 0 aliphatic carbocycles. The fourth-order valence-electron chi connectivity index (χ4n) is 6.00. The SMILES string of the molecule is Nc1ccccc1NC(=O)CCCCC(=O)NCc1ccccc1-c1ccc([C@H]2O[C@@H](CSc3ncccn3)C[C@@H](c3ccc(CO)cc3)O2)cc1. The van der Waals surface area contributed by atoms with Gasteiger partial charge in [-0.25, -0.2) is 9.97 Å². The molecule has 2 amide bonds. The topological polar surface area (TPSA) is 149 Å². The zero-order valence-corrected chi connectivity index (χ0v) is 29.6. The van der Waals surface area contributed by atoms with Crippen LogP contribution < -0.4 is 16.4 Å². The molecule has 6 rings (SSSR count). The molecular weight excluding hydrogens is 675 g/mol. The van der Waals surface area contributed by atoms with Gasteiger partial charge in [-0.2, -0.15) is 0 Å². The second-order valence-electron chi connectivity index (χ2n) is 12.6. The summed E-state index contributed by atoms with van der Waals surface area (Å²) in [7, 11) is 0. The summed E-state index contributed by atoms with van der Waals surface area (Å²) in [4.78, 5) is 33.7. The molecule has 1 saturated heterocycles. The van der Waals surface area contributed by atoms with Crippen LogP contribution in [0.5, 0.6) is 0 Å². The Morgan fingerprint density at radius 2 is 1.50 bits per heavy atom. The first-order valence-corrected chi connectivity index (χ1v) is 18.4. The number of aromatic nitrogens is 2. The number of nitrogens with zero attached hydrogens (tertiary/aromatic N) is 2. The third-order valence-corrected chi connectivity index (χ3v) is 9.84. The van der Waals surface area contributed by atoms with E-state index in [1.807, 2.05) is 72.8 Å². The van der Waals surface area contributed by atoms with Gasteiger partial charge in [-0.05, 0) is 58.9 Å². The minimum absolute atomic E-state index is 0.0102. The summed E-state index contributed by atoms with van der Waals surface area (Å²) in [5.41, 5.74) is 12.8. The van der Waals surface area contributed by atoms with E-state index in [4.69, 9.17) is 15.2 Å². The van der Waals surface area contributed by atoms with Gasteiger partial charge < -0.3 is 30.9 Å². The molecule has 0 radical (unpaired) electrons. The average molecular weight is 718 g/mol. The molecule has 1 aliphatic rings. The number of ether oxygens (including phenoxy) is 2. The highest BCUT2D eigenvalue weighted by molar-refractivity contribution is 7.99. The second kappa shape index (κ2) is 18.4. The molecule has 0 unspecified atom stereocenters. The van der Waals surface area contributed by atoms with E-state index in [1.54, 1.807) is 42.4 Å². The van der Waals surface area contributed by atoms with Gasteiger partial charge in [0.25, 0.3) is 0 Å². The van der Waals surface area contributed by atoms with Crippen molar-refractivity contribution in [2.45, 2.75) is 68.9 Å². The lowest BCUT2D eigenvalue weighted by Crippen LogP contribution is -2.31. The molecule has 0 saturated carbocycles. The molecule has 5 aromatic rings. The Morgan fingerprint density at radius 3 is 2.25 bits per heavy atom. The number of hydrogen-bond acceptors (Lipinski definition) is 9. The van der Waals surface area contributed by atoms with Crippen LogP contribution in [0, 0.1) is 0 Å². The molecule has 5 N–H and O–H groups in total. The van der Waals surface area contributed by atoms with Crippen molar-refractivity contribution in [2.24, 2.45) is 0 Å². The molecule has 268 valence electrons. The first-order chi connectivity index (χ1) is 25.4. The molecular formula is C41H43N5O5S. The Hall–Kier alpha value is -5.07. The van der Waals surface area contributed by atoms with Crippen molar-refractivity contribution in [3.63, 3.8) is 0 Å². The molecule has 0 bridgehead atoms. The van der Waals surface area contributed by atoms with Crippen molar-refractivity contribution in [3.8, 4) is 11.1 Å². The van der Waals surface area contributed by atoms with Gasteiger partial charge >= 0.3 is 0 Å². The number of benzene rings is 4. The van der Waals surface area contributed by atoms with E-state index >= 15 is 0 Å². The summed E-state index contributed by atoms with van der Waals surface area (Å²) in [5, 5.41) is 16.1. The monoisotopic (exact) mass is 717 g/mol. The number of nitrogen functional groups attached to an aromatic ring is 1.